The molecule has 0 aromatic carbocycles. The molecule has 2 aliphatic rings. The van der Waals surface area contributed by atoms with Crippen molar-refractivity contribution in [2.45, 2.75) is 32.0 Å². The summed E-state index contributed by atoms with van der Waals surface area (Å²) in [6.07, 6.45) is 0.909. The Hall–Kier alpha value is 0.442. The SMILES string of the molecule is CO[C@H]1[C@H]2[CH-]O[C@@]1(COC(C)=O)C[C@@H]2C.[U]. The average molecular weight is 451 g/mol. The van der Waals surface area contributed by atoms with Crippen LogP contribution >= 0.6 is 0 Å². The normalized spacial score (nSPS) is 40.6. The molecule has 1 saturated carbocycles. The number of esters is 1. The predicted molar refractivity (Wildman–Crippen MR) is 52.8 cm³/mol. The Morgan fingerprint density at radius 3 is 2.81 bits per heavy atom. The van der Waals surface area contributed by atoms with Crippen LogP contribution in [0.1, 0.15) is 20.3 Å². The molecule has 5 heteroatoms. The van der Waals surface area contributed by atoms with Crippen LogP contribution in [0.4, 0.5) is 0 Å². The summed E-state index contributed by atoms with van der Waals surface area (Å²) >= 11 is 0. The van der Waals surface area contributed by atoms with Crippen molar-refractivity contribution < 1.29 is 50.1 Å². The fraction of sp³-hybridized carbons (Fsp3) is 0.818. The maximum Gasteiger partial charge on any atom is 0.302 e. The average Bonchev–Trinajstić information content (AvgIpc) is 2.66. The van der Waals surface area contributed by atoms with Crippen molar-refractivity contribution >= 4 is 5.97 Å². The number of carbonyl (C=O) groups excluding carboxylic acids is 1. The third kappa shape index (κ3) is 2.33. The van der Waals surface area contributed by atoms with Gasteiger partial charge in [0, 0.05) is 45.1 Å². The molecule has 2 rings (SSSR count). The van der Waals surface area contributed by atoms with Crippen LogP contribution < -0.4 is 0 Å². The van der Waals surface area contributed by atoms with E-state index in [0.717, 1.165) is 6.42 Å². The Kier molecular flexibility index (Phi) is 4.89. The van der Waals surface area contributed by atoms with Crippen molar-refractivity contribution in [2.75, 3.05) is 13.7 Å². The molecular formula is C11H17O4U-. The second-order valence-corrected chi connectivity index (χ2v) is 4.51. The molecule has 1 aliphatic carbocycles. The van der Waals surface area contributed by atoms with Crippen molar-refractivity contribution in [3.63, 3.8) is 0 Å². The first kappa shape index (κ1) is 14.5. The Morgan fingerprint density at radius 1 is 1.62 bits per heavy atom. The van der Waals surface area contributed by atoms with Gasteiger partial charge in [0.2, 0.25) is 0 Å². The van der Waals surface area contributed by atoms with Gasteiger partial charge in [-0.25, -0.2) is 6.61 Å². The number of hydrogen-bond donors (Lipinski definition) is 0. The van der Waals surface area contributed by atoms with Gasteiger partial charge in [-0.05, 0) is 6.42 Å². The number of hydrogen-bond acceptors (Lipinski definition) is 4. The largest absolute Gasteiger partial charge is 0.543 e. The van der Waals surface area contributed by atoms with Gasteiger partial charge in [-0.15, -0.1) is 5.92 Å². The van der Waals surface area contributed by atoms with Crippen molar-refractivity contribution in [1.82, 2.24) is 0 Å². The van der Waals surface area contributed by atoms with Gasteiger partial charge >= 0.3 is 5.97 Å². The minimum atomic E-state index is -0.440. The van der Waals surface area contributed by atoms with E-state index in [1.807, 2.05) is 6.61 Å². The summed E-state index contributed by atoms with van der Waals surface area (Å²) in [6, 6.07) is 0. The van der Waals surface area contributed by atoms with Crippen LogP contribution in [0, 0.1) is 49.6 Å². The van der Waals surface area contributed by atoms with Gasteiger partial charge in [-0.1, -0.05) is 12.8 Å². The van der Waals surface area contributed by atoms with Gasteiger partial charge in [0.1, 0.15) is 6.61 Å². The maximum absolute atomic E-state index is 10.8. The quantitative estimate of drug-likeness (QED) is 0.477. The second-order valence-electron chi connectivity index (χ2n) is 4.51. The van der Waals surface area contributed by atoms with E-state index in [-0.39, 0.29) is 49.8 Å². The summed E-state index contributed by atoms with van der Waals surface area (Å²) < 4.78 is 16.2. The van der Waals surface area contributed by atoms with Crippen molar-refractivity contribution in [2.24, 2.45) is 11.8 Å². The van der Waals surface area contributed by atoms with Crippen LogP contribution in [-0.4, -0.2) is 31.4 Å². The Labute approximate surface area is 120 Å². The molecule has 0 spiro atoms. The van der Waals surface area contributed by atoms with E-state index >= 15 is 0 Å². The Balaban J connectivity index is 0.00000128. The molecule has 16 heavy (non-hydrogen) atoms. The molecule has 0 N–H and O–H groups in total. The molecule has 4 atom stereocenters. The van der Waals surface area contributed by atoms with E-state index in [4.69, 9.17) is 14.2 Å². The van der Waals surface area contributed by atoms with Crippen LogP contribution in [0.2, 0.25) is 0 Å². The first-order valence-electron chi connectivity index (χ1n) is 5.26. The topological polar surface area (TPSA) is 44.8 Å². The minimum absolute atomic E-state index is 0. The molecule has 4 nitrogen and oxygen atoms in total. The number of fused-ring (bicyclic) bond motifs is 2. The molecule has 0 unspecified atom stereocenters. The molecule has 1 saturated heterocycles. The minimum Gasteiger partial charge on any atom is -0.543 e. The summed E-state index contributed by atoms with van der Waals surface area (Å²) in [7, 11) is 1.68. The molecule has 1 aliphatic heterocycles. The van der Waals surface area contributed by atoms with E-state index < -0.39 is 5.60 Å². The first-order valence-corrected chi connectivity index (χ1v) is 5.26. The molecule has 90 valence electrons. The van der Waals surface area contributed by atoms with Crippen LogP contribution in [0.15, 0.2) is 0 Å². The van der Waals surface area contributed by atoms with Crippen LogP contribution in [0.25, 0.3) is 0 Å². The molecule has 0 aromatic rings. The summed E-state index contributed by atoms with van der Waals surface area (Å²) in [6.45, 7) is 5.71. The second kappa shape index (κ2) is 5.39. The number of carbonyl (C=O) groups is 1. The number of ether oxygens (including phenoxy) is 3. The molecule has 1 heterocycles. The summed E-state index contributed by atoms with van der Waals surface area (Å²) in [4.78, 5) is 10.8. The van der Waals surface area contributed by atoms with Crippen molar-refractivity contribution in [3.05, 3.63) is 6.61 Å². The fourth-order valence-electron chi connectivity index (χ4n) is 2.75. The van der Waals surface area contributed by atoms with Gasteiger partial charge in [-0.3, -0.25) is 4.79 Å². The maximum atomic E-state index is 10.8. The van der Waals surface area contributed by atoms with Gasteiger partial charge < -0.3 is 14.2 Å². The van der Waals surface area contributed by atoms with Crippen LogP contribution in [0.3, 0.4) is 0 Å². The molecular weight excluding hydrogens is 434 g/mol. The smallest absolute Gasteiger partial charge is 0.302 e. The third-order valence-corrected chi connectivity index (χ3v) is 3.43. The first-order chi connectivity index (χ1) is 7.09. The molecule has 0 radical (unpaired) electrons. The molecule has 2 bridgehead atoms. The molecule has 0 aromatic heterocycles. The fourth-order valence-corrected chi connectivity index (χ4v) is 2.75. The van der Waals surface area contributed by atoms with E-state index in [2.05, 4.69) is 6.92 Å². The zero-order valence-corrected chi connectivity index (χ0v) is 14.0. The standard InChI is InChI=1S/C11H17O4.U/c1-7-4-11(6-14-8(2)12)10(13-3)9(7)5-15-11;/h5,7,9-10H,4,6H2,1-3H3;/q-1;/t7-,9-,10-,11+;/m0./s1. The van der Waals surface area contributed by atoms with Gasteiger partial charge in [0.25, 0.3) is 0 Å². The predicted octanol–water partition coefficient (Wildman–Crippen LogP) is 1.15. The van der Waals surface area contributed by atoms with E-state index in [1.165, 1.54) is 6.92 Å². The van der Waals surface area contributed by atoms with Crippen molar-refractivity contribution in [1.29, 1.82) is 0 Å². The van der Waals surface area contributed by atoms with Crippen LogP contribution in [-0.2, 0) is 19.0 Å². The Bertz CT molecular complexity index is 271. The summed E-state index contributed by atoms with van der Waals surface area (Å²) in [5.41, 5.74) is -0.440. The Morgan fingerprint density at radius 2 is 2.31 bits per heavy atom. The number of methoxy groups -OCH3 is 1. The molecule has 2 fully saturated rings. The van der Waals surface area contributed by atoms with Gasteiger partial charge in [0.15, 0.2) is 0 Å². The summed E-state index contributed by atoms with van der Waals surface area (Å²) in [5, 5.41) is 0. The number of rotatable bonds is 3. The third-order valence-electron chi connectivity index (χ3n) is 3.43. The zero-order chi connectivity index (χ0) is 11.1. The van der Waals surface area contributed by atoms with Gasteiger partial charge in [-0.2, -0.15) is 0 Å². The summed E-state index contributed by atoms with van der Waals surface area (Å²) in [5.74, 6) is 0.579. The zero-order valence-electron chi connectivity index (χ0n) is 9.86. The molecule has 0 amide bonds. The van der Waals surface area contributed by atoms with E-state index in [1.54, 1.807) is 7.11 Å². The van der Waals surface area contributed by atoms with Crippen LogP contribution in [0.5, 0.6) is 0 Å². The monoisotopic (exact) mass is 451 g/mol. The van der Waals surface area contributed by atoms with Crippen molar-refractivity contribution in [3.8, 4) is 0 Å². The van der Waals surface area contributed by atoms with E-state index in [9.17, 15) is 4.79 Å². The van der Waals surface area contributed by atoms with E-state index in [0.29, 0.717) is 11.8 Å². The van der Waals surface area contributed by atoms with Gasteiger partial charge in [0.05, 0.1) is 11.7 Å².